The molecule has 116 valence electrons. The van der Waals surface area contributed by atoms with Crippen LogP contribution < -0.4 is 20.5 Å². The third kappa shape index (κ3) is 3.56. The molecule has 3 N–H and O–H groups in total. The minimum atomic E-state index is -0.249. The predicted octanol–water partition coefficient (Wildman–Crippen LogP) is 2.98. The van der Waals surface area contributed by atoms with Crippen molar-refractivity contribution >= 4 is 11.6 Å². The van der Waals surface area contributed by atoms with Crippen molar-refractivity contribution in [3.8, 4) is 11.5 Å². The molecule has 2 aromatic carbocycles. The number of ether oxygens (including phenoxy) is 2. The molecule has 0 radical (unpaired) electrons. The average Bonchev–Trinajstić information content (AvgIpc) is 2.54. The first kappa shape index (κ1) is 15.9. The monoisotopic (exact) mass is 300 g/mol. The molecule has 0 aliphatic carbocycles. The molecule has 0 aliphatic heterocycles. The van der Waals surface area contributed by atoms with E-state index in [1.165, 1.54) is 7.11 Å². The average molecular weight is 300 g/mol. The van der Waals surface area contributed by atoms with Crippen LogP contribution in [-0.4, -0.2) is 20.1 Å². The summed E-state index contributed by atoms with van der Waals surface area (Å²) in [6, 6.07) is 12.4. The number of carbonyl (C=O) groups excluding carboxylic acids is 1. The third-order valence-corrected chi connectivity index (χ3v) is 3.32. The number of hydrogen-bond acceptors (Lipinski definition) is 4. The van der Waals surface area contributed by atoms with Gasteiger partial charge in [-0.05, 0) is 36.8 Å². The summed E-state index contributed by atoms with van der Waals surface area (Å²) < 4.78 is 10.4. The van der Waals surface area contributed by atoms with E-state index >= 15 is 0 Å². The fraction of sp³-hybridized carbons (Fsp3) is 0.235. The van der Waals surface area contributed by atoms with Gasteiger partial charge >= 0.3 is 0 Å². The van der Waals surface area contributed by atoms with E-state index in [9.17, 15) is 4.79 Å². The van der Waals surface area contributed by atoms with E-state index < -0.39 is 0 Å². The van der Waals surface area contributed by atoms with Crippen LogP contribution in [0.25, 0.3) is 0 Å². The van der Waals surface area contributed by atoms with Crippen molar-refractivity contribution in [3.63, 3.8) is 0 Å². The van der Waals surface area contributed by atoms with Crippen molar-refractivity contribution in [1.82, 2.24) is 0 Å². The van der Waals surface area contributed by atoms with E-state index in [0.717, 1.165) is 5.56 Å². The molecule has 5 heteroatoms. The van der Waals surface area contributed by atoms with Gasteiger partial charge in [-0.15, -0.1) is 0 Å². The number of benzene rings is 2. The SMILES string of the molecule is COc1ccc(C(=O)Nc2cccc(C(C)N)c2)c(OC)c1. The number of amides is 1. The van der Waals surface area contributed by atoms with Gasteiger partial charge in [0.2, 0.25) is 0 Å². The molecule has 0 saturated carbocycles. The Kier molecular flexibility index (Phi) is 5.01. The van der Waals surface area contributed by atoms with Crippen molar-refractivity contribution in [3.05, 3.63) is 53.6 Å². The molecule has 1 amide bonds. The Morgan fingerprint density at radius 1 is 1.14 bits per heavy atom. The highest BCUT2D eigenvalue weighted by atomic mass is 16.5. The summed E-state index contributed by atoms with van der Waals surface area (Å²) in [5, 5.41) is 2.85. The molecule has 0 fully saturated rings. The molecule has 1 atom stereocenters. The molecule has 0 saturated heterocycles. The van der Waals surface area contributed by atoms with Crippen molar-refractivity contribution in [2.75, 3.05) is 19.5 Å². The number of carbonyl (C=O) groups is 1. The number of rotatable bonds is 5. The quantitative estimate of drug-likeness (QED) is 0.890. The Labute approximate surface area is 130 Å². The first-order valence-electron chi connectivity index (χ1n) is 6.94. The minimum Gasteiger partial charge on any atom is -0.497 e. The molecule has 0 spiro atoms. The highest BCUT2D eigenvalue weighted by molar-refractivity contribution is 6.06. The predicted molar refractivity (Wildman–Crippen MR) is 86.5 cm³/mol. The molecule has 5 nitrogen and oxygen atoms in total. The molecule has 0 heterocycles. The Morgan fingerprint density at radius 3 is 2.55 bits per heavy atom. The van der Waals surface area contributed by atoms with Crippen LogP contribution in [0.15, 0.2) is 42.5 Å². The van der Waals surface area contributed by atoms with Gasteiger partial charge in [0, 0.05) is 17.8 Å². The van der Waals surface area contributed by atoms with E-state index in [1.807, 2.05) is 31.2 Å². The van der Waals surface area contributed by atoms with Gasteiger partial charge in [-0.3, -0.25) is 4.79 Å². The van der Waals surface area contributed by atoms with Crippen LogP contribution in [0.3, 0.4) is 0 Å². The fourth-order valence-electron chi connectivity index (χ4n) is 2.08. The van der Waals surface area contributed by atoms with Crippen LogP contribution in [0.2, 0.25) is 0 Å². The van der Waals surface area contributed by atoms with Gasteiger partial charge in [-0.2, -0.15) is 0 Å². The first-order chi connectivity index (χ1) is 10.5. The highest BCUT2D eigenvalue weighted by Crippen LogP contribution is 2.25. The summed E-state index contributed by atoms with van der Waals surface area (Å²) in [5.74, 6) is 0.842. The van der Waals surface area contributed by atoms with Gasteiger partial charge < -0.3 is 20.5 Å². The van der Waals surface area contributed by atoms with Crippen molar-refractivity contribution in [1.29, 1.82) is 0 Å². The van der Waals surface area contributed by atoms with E-state index in [0.29, 0.717) is 22.7 Å². The zero-order valence-corrected chi connectivity index (χ0v) is 12.9. The number of hydrogen-bond donors (Lipinski definition) is 2. The van der Waals surface area contributed by atoms with E-state index in [2.05, 4.69) is 5.32 Å². The maximum atomic E-state index is 12.4. The smallest absolute Gasteiger partial charge is 0.259 e. The molecule has 0 bridgehead atoms. The van der Waals surface area contributed by atoms with Gasteiger partial charge in [0.15, 0.2) is 0 Å². The maximum absolute atomic E-state index is 12.4. The van der Waals surface area contributed by atoms with E-state index in [-0.39, 0.29) is 11.9 Å². The van der Waals surface area contributed by atoms with Crippen LogP contribution >= 0.6 is 0 Å². The Hall–Kier alpha value is -2.53. The summed E-state index contributed by atoms with van der Waals surface area (Å²) in [4.78, 5) is 12.4. The Balaban J connectivity index is 2.24. The topological polar surface area (TPSA) is 73.6 Å². The normalized spacial score (nSPS) is 11.6. The molecule has 0 aliphatic rings. The molecular weight excluding hydrogens is 280 g/mol. The second kappa shape index (κ2) is 6.95. The largest absolute Gasteiger partial charge is 0.497 e. The van der Waals surface area contributed by atoms with Gasteiger partial charge in [-0.1, -0.05) is 12.1 Å². The summed E-state index contributed by atoms with van der Waals surface area (Å²) in [6.45, 7) is 1.90. The highest BCUT2D eigenvalue weighted by Gasteiger charge is 2.14. The standard InChI is InChI=1S/C17H20N2O3/c1-11(18)12-5-4-6-13(9-12)19-17(20)15-8-7-14(21-2)10-16(15)22-3/h4-11H,18H2,1-3H3,(H,19,20). The molecule has 1 unspecified atom stereocenters. The van der Waals surface area contributed by atoms with Crippen molar-refractivity contribution in [2.24, 2.45) is 5.73 Å². The number of nitrogens with two attached hydrogens (primary N) is 1. The summed E-state index contributed by atoms with van der Waals surface area (Å²) in [7, 11) is 3.08. The number of nitrogens with one attached hydrogen (secondary N) is 1. The lowest BCUT2D eigenvalue weighted by Crippen LogP contribution is -2.14. The van der Waals surface area contributed by atoms with Crippen molar-refractivity contribution in [2.45, 2.75) is 13.0 Å². The van der Waals surface area contributed by atoms with Crippen molar-refractivity contribution < 1.29 is 14.3 Å². The fourth-order valence-corrected chi connectivity index (χ4v) is 2.08. The number of methoxy groups -OCH3 is 2. The second-order valence-electron chi connectivity index (χ2n) is 4.93. The van der Waals surface area contributed by atoms with Crippen LogP contribution in [-0.2, 0) is 0 Å². The first-order valence-corrected chi connectivity index (χ1v) is 6.94. The van der Waals surface area contributed by atoms with Crippen LogP contribution in [0, 0.1) is 0 Å². The van der Waals surface area contributed by atoms with Crippen LogP contribution in [0.4, 0.5) is 5.69 Å². The Bertz CT molecular complexity index is 669. The van der Waals surface area contributed by atoms with Gasteiger partial charge in [0.1, 0.15) is 11.5 Å². The summed E-state index contributed by atoms with van der Waals surface area (Å²) in [6.07, 6.45) is 0. The van der Waals surface area contributed by atoms with Gasteiger partial charge in [0.05, 0.1) is 19.8 Å². The van der Waals surface area contributed by atoms with E-state index in [4.69, 9.17) is 15.2 Å². The molecule has 22 heavy (non-hydrogen) atoms. The molecule has 0 aromatic heterocycles. The summed E-state index contributed by atoms with van der Waals surface area (Å²) in [5.41, 5.74) is 7.95. The lowest BCUT2D eigenvalue weighted by Gasteiger charge is -2.12. The summed E-state index contributed by atoms with van der Waals surface area (Å²) >= 11 is 0. The van der Waals surface area contributed by atoms with Crippen LogP contribution in [0.1, 0.15) is 28.9 Å². The van der Waals surface area contributed by atoms with Crippen LogP contribution in [0.5, 0.6) is 11.5 Å². The molecular formula is C17H20N2O3. The zero-order valence-electron chi connectivity index (χ0n) is 12.9. The zero-order chi connectivity index (χ0) is 16.1. The lowest BCUT2D eigenvalue weighted by atomic mass is 10.1. The Morgan fingerprint density at radius 2 is 1.91 bits per heavy atom. The minimum absolute atomic E-state index is 0.0904. The molecule has 2 rings (SSSR count). The third-order valence-electron chi connectivity index (χ3n) is 3.32. The maximum Gasteiger partial charge on any atom is 0.259 e. The number of anilines is 1. The van der Waals surface area contributed by atoms with Gasteiger partial charge in [-0.25, -0.2) is 0 Å². The molecule has 2 aromatic rings. The second-order valence-corrected chi connectivity index (χ2v) is 4.93. The lowest BCUT2D eigenvalue weighted by molar-refractivity contribution is 0.102. The van der Waals surface area contributed by atoms with Gasteiger partial charge in [0.25, 0.3) is 5.91 Å². The van der Waals surface area contributed by atoms with E-state index in [1.54, 1.807) is 25.3 Å².